The minimum atomic E-state index is 0.960. The highest BCUT2D eigenvalue weighted by Gasteiger charge is 2.12. The molecule has 1 aliphatic heterocycles. The minimum Gasteiger partial charge on any atom is -0.348 e. The molecule has 1 saturated heterocycles. The highest BCUT2D eigenvalue weighted by molar-refractivity contribution is 7.15. The molecule has 2 heterocycles. The van der Waals surface area contributed by atoms with Crippen molar-refractivity contribution in [1.29, 1.82) is 0 Å². The second-order valence-electron chi connectivity index (χ2n) is 4.64. The van der Waals surface area contributed by atoms with Crippen molar-refractivity contribution >= 4 is 16.5 Å². The Labute approximate surface area is 108 Å². The third-order valence-corrected chi connectivity index (χ3v) is 4.28. The molecule has 0 atom stereocenters. The van der Waals surface area contributed by atoms with Crippen molar-refractivity contribution in [3.8, 4) is 0 Å². The Morgan fingerprint density at radius 1 is 1.24 bits per heavy atom. The van der Waals surface area contributed by atoms with Crippen molar-refractivity contribution in [3.05, 3.63) is 11.1 Å². The van der Waals surface area contributed by atoms with Crippen molar-refractivity contribution < 1.29 is 0 Å². The first-order chi connectivity index (χ1) is 8.40. The molecule has 4 heteroatoms. The number of anilines is 1. The first kappa shape index (κ1) is 12.8. The lowest BCUT2D eigenvalue weighted by Gasteiger charge is -2.23. The summed E-state index contributed by atoms with van der Waals surface area (Å²) in [6, 6.07) is 0. The van der Waals surface area contributed by atoms with Crippen LogP contribution >= 0.6 is 11.3 Å². The first-order valence-corrected chi connectivity index (χ1v) is 7.62. The van der Waals surface area contributed by atoms with Crippen LogP contribution in [0, 0.1) is 0 Å². The third-order valence-electron chi connectivity index (χ3n) is 3.22. The fourth-order valence-corrected chi connectivity index (χ4v) is 3.14. The summed E-state index contributed by atoms with van der Waals surface area (Å²) in [6.07, 6.45) is 8.85. The van der Waals surface area contributed by atoms with E-state index in [1.807, 2.05) is 17.5 Å². The van der Waals surface area contributed by atoms with Gasteiger partial charge in [-0.15, -0.1) is 11.3 Å². The Morgan fingerprint density at radius 3 is 2.65 bits per heavy atom. The predicted molar refractivity (Wildman–Crippen MR) is 74.8 cm³/mol. The smallest absolute Gasteiger partial charge is 0.185 e. The second-order valence-corrected chi connectivity index (χ2v) is 5.74. The topological polar surface area (TPSA) is 28.2 Å². The summed E-state index contributed by atoms with van der Waals surface area (Å²) in [5.41, 5.74) is 0. The molecule has 0 bridgehead atoms. The molecule has 2 rings (SSSR count). The zero-order valence-electron chi connectivity index (χ0n) is 10.7. The molecule has 0 radical (unpaired) electrons. The molecule has 1 aromatic rings. The average Bonchev–Trinajstić information content (AvgIpc) is 2.74. The van der Waals surface area contributed by atoms with Gasteiger partial charge in [0, 0.05) is 30.7 Å². The molecule has 0 saturated carbocycles. The van der Waals surface area contributed by atoms with Crippen molar-refractivity contribution in [1.82, 2.24) is 10.3 Å². The molecule has 0 aliphatic carbocycles. The van der Waals surface area contributed by atoms with Gasteiger partial charge in [-0.25, -0.2) is 4.98 Å². The molecule has 1 N–H and O–H groups in total. The van der Waals surface area contributed by atoms with E-state index in [0.29, 0.717) is 0 Å². The number of aromatic nitrogens is 1. The van der Waals surface area contributed by atoms with E-state index in [0.717, 1.165) is 13.1 Å². The molecule has 0 unspecified atom stereocenters. The Balaban J connectivity index is 1.92. The molecular formula is C13H23N3S. The first-order valence-electron chi connectivity index (χ1n) is 6.80. The summed E-state index contributed by atoms with van der Waals surface area (Å²) in [6.45, 7) is 6.50. The van der Waals surface area contributed by atoms with Gasteiger partial charge in [0.05, 0.1) is 0 Å². The number of nitrogens with one attached hydrogen (secondary N) is 1. The number of rotatable bonds is 4. The van der Waals surface area contributed by atoms with Crippen LogP contribution in [-0.2, 0) is 6.54 Å². The van der Waals surface area contributed by atoms with Gasteiger partial charge >= 0.3 is 0 Å². The summed E-state index contributed by atoms with van der Waals surface area (Å²) in [5.74, 6) is 0. The van der Waals surface area contributed by atoms with E-state index in [-0.39, 0.29) is 0 Å². The van der Waals surface area contributed by atoms with Gasteiger partial charge in [-0.05, 0) is 19.4 Å². The van der Waals surface area contributed by atoms with Crippen molar-refractivity contribution in [2.45, 2.75) is 45.6 Å². The zero-order chi connectivity index (χ0) is 11.9. The lowest BCUT2D eigenvalue weighted by atomic mass is 10.1. The molecule has 0 aromatic carbocycles. The predicted octanol–water partition coefficient (Wildman–Crippen LogP) is 3.02. The van der Waals surface area contributed by atoms with Crippen LogP contribution in [0.5, 0.6) is 0 Å². The maximum atomic E-state index is 4.57. The average molecular weight is 253 g/mol. The number of hydrogen-bond acceptors (Lipinski definition) is 4. The Kier molecular flexibility index (Phi) is 5.26. The van der Waals surface area contributed by atoms with E-state index in [1.54, 1.807) is 0 Å². The Morgan fingerprint density at radius 2 is 1.94 bits per heavy atom. The lowest BCUT2D eigenvalue weighted by molar-refractivity contribution is 0.556. The van der Waals surface area contributed by atoms with Crippen molar-refractivity contribution in [2.75, 3.05) is 24.5 Å². The molecular weight excluding hydrogens is 230 g/mol. The molecule has 3 nitrogen and oxygen atoms in total. The summed E-state index contributed by atoms with van der Waals surface area (Å²) >= 11 is 1.85. The van der Waals surface area contributed by atoms with Crippen molar-refractivity contribution in [2.24, 2.45) is 0 Å². The van der Waals surface area contributed by atoms with Crippen LogP contribution < -0.4 is 10.2 Å². The van der Waals surface area contributed by atoms with E-state index in [2.05, 4.69) is 22.1 Å². The maximum Gasteiger partial charge on any atom is 0.185 e. The molecule has 96 valence electrons. The molecule has 1 aliphatic rings. The van der Waals surface area contributed by atoms with Crippen LogP contribution in [0.4, 0.5) is 5.13 Å². The standard InChI is InChI=1S/C13H23N3S/c1-2-14-10-12-11-15-13(17-12)16-8-6-4-3-5-7-9-16/h11,14H,2-10H2,1H3. The van der Waals surface area contributed by atoms with Gasteiger partial charge in [-0.1, -0.05) is 26.2 Å². The number of thiazole rings is 1. The van der Waals surface area contributed by atoms with Gasteiger partial charge in [0.15, 0.2) is 5.13 Å². The highest BCUT2D eigenvalue weighted by atomic mass is 32.1. The normalized spacial score (nSPS) is 17.8. The molecule has 1 aromatic heterocycles. The van der Waals surface area contributed by atoms with Crippen molar-refractivity contribution in [3.63, 3.8) is 0 Å². The fourth-order valence-electron chi connectivity index (χ4n) is 2.21. The molecule has 0 spiro atoms. The van der Waals surface area contributed by atoms with Crippen LogP contribution in [0.15, 0.2) is 6.20 Å². The molecule has 17 heavy (non-hydrogen) atoms. The van der Waals surface area contributed by atoms with Gasteiger partial charge in [0.1, 0.15) is 0 Å². The monoisotopic (exact) mass is 253 g/mol. The SMILES string of the molecule is CCNCc1cnc(N2CCCCCCC2)s1. The van der Waals surface area contributed by atoms with Gasteiger partial charge < -0.3 is 10.2 Å². The zero-order valence-corrected chi connectivity index (χ0v) is 11.6. The van der Waals surface area contributed by atoms with E-state index in [4.69, 9.17) is 0 Å². The van der Waals surface area contributed by atoms with Gasteiger partial charge in [0.25, 0.3) is 0 Å². The Bertz CT molecular complexity index is 316. The summed E-state index contributed by atoms with van der Waals surface area (Å²) in [7, 11) is 0. The van der Waals surface area contributed by atoms with E-state index < -0.39 is 0 Å². The van der Waals surface area contributed by atoms with Gasteiger partial charge in [-0.3, -0.25) is 0 Å². The van der Waals surface area contributed by atoms with E-state index in [1.165, 1.54) is 55.2 Å². The maximum absolute atomic E-state index is 4.57. The minimum absolute atomic E-state index is 0.960. The fraction of sp³-hybridized carbons (Fsp3) is 0.769. The highest BCUT2D eigenvalue weighted by Crippen LogP contribution is 2.24. The second kappa shape index (κ2) is 6.97. The van der Waals surface area contributed by atoms with Crippen LogP contribution in [0.3, 0.4) is 0 Å². The van der Waals surface area contributed by atoms with Crippen LogP contribution in [0.1, 0.15) is 43.9 Å². The molecule has 0 amide bonds. The van der Waals surface area contributed by atoms with Gasteiger partial charge in [-0.2, -0.15) is 0 Å². The van der Waals surface area contributed by atoms with Crippen LogP contribution in [-0.4, -0.2) is 24.6 Å². The van der Waals surface area contributed by atoms with Gasteiger partial charge in [0.2, 0.25) is 0 Å². The third kappa shape index (κ3) is 3.96. The quantitative estimate of drug-likeness (QED) is 0.894. The summed E-state index contributed by atoms with van der Waals surface area (Å²) in [5, 5.41) is 4.58. The van der Waals surface area contributed by atoms with Crippen LogP contribution in [0.2, 0.25) is 0 Å². The Hall–Kier alpha value is -0.610. The van der Waals surface area contributed by atoms with Crippen LogP contribution in [0.25, 0.3) is 0 Å². The molecule has 1 fully saturated rings. The summed E-state index contributed by atoms with van der Waals surface area (Å²) < 4.78 is 0. The lowest BCUT2D eigenvalue weighted by Crippen LogP contribution is -2.26. The largest absolute Gasteiger partial charge is 0.348 e. The number of nitrogens with zero attached hydrogens (tertiary/aromatic N) is 2. The summed E-state index contributed by atoms with van der Waals surface area (Å²) in [4.78, 5) is 8.39. The van der Waals surface area contributed by atoms with E-state index >= 15 is 0 Å². The van der Waals surface area contributed by atoms with E-state index in [9.17, 15) is 0 Å². The number of hydrogen-bond donors (Lipinski definition) is 1.